The van der Waals surface area contributed by atoms with Crippen LogP contribution in [-0.2, 0) is 14.8 Å². The van der Waals surface area contributed by atoms with E-state index in [1.165, 1.54) is 31.3 Å². The molecule has 0 unspecified atom stereocenters. The van der Waals surface area contributed by atoms with Crippen molar-refractivity contribution < 1.29 is 13.2 Å². The third-order valence-electron chi connectivity index (χ3n) is 3.94. The normalized spacial score (nSPS) is 11.7. The van der Waals surface area contributed by atoms with Crippen LogP contribution in [0.3, 0.4) is 0 Å². The molecule has 0 aliphatic carbocycles. The second-order valence-electron chi connectivity index (χ2n) is 5.98. The number of carbonyl (C=O) groups excluding carboxylic acids is 1. The van der Waals surface area contributed by atoms with Gasteiger partial charge in [0.05, 0.1) is 11.4 Å². The molecular formula is C19H16Cl2N2O3S. The van der Waals surface area contributed by atoms with Gasteiger partial charge in [-0.3, -0.25) is 4.79 Å². The van der Waals surface area contributed by atoms with Crippen molar-refractivity contribution in [2.24, 2.45) is 0 Å². The van der Waals surface area contributed by atoms with Gasteiger partial charge in [-0.05, 0) is 41.1 Å². The Bertz CT molecular complexity index is 1100. The number of nitrogens with one attached hydrogen (secondary N) is 1. The molecule has 0 spiro atoms. The summed E-state index contributed by atoms with van der Waals surface area (Å²) in [5.74, 6) is -0.500. The van der Waals surface area contributed by atoms with Crippen molar-refractivity contribution in [3.63, 3.8) is 0 Å². The van der Waals surface area contributed by atoms with E-state index in [0.717, 1.165) is 15.1 Å². The summed E-state index contributed by atoms with van der Waals surface area (Å²) in [7, 11) is -2.46. The number of likely N-dealkylation sites (N-methyl/N-ethyl adjacent to an activating group) is 1. The van der Waals surface area contributed by atoms with E-state index in [2.05, 4.69) is 5.32 Å². The zero-order valence-corrected chi connectivity index (χ0v) is 16.6. The quantitative estimate of drug-likeness (QED) is 0.661. The topological polar surface area (TPSA) is 66.5 Å². The number of nitrogens with zero attached hydrogens (tertiary/aromatic N) is 1. The molecule has 0 aromatic heterocycles. The molecule has 0 fully saturated rings. The van der Waals surface area contributed by atoms with Crippen LogP contribution in [0.4, 0.5) is 5.69 Å². The molecule has 140 valence electrons. The van der Waals surface area contributed by atoms with E-state index in [4.69, 9.17) is 23.2 Å². The van der Waals surface area contributed by atoms with Crippen LogP contribution in [0.2, 0.25) is 10.0 Å². The molecule has 0 bridgehead atoms. The fourth-order valence-corrected chi connectivity index (χ4v) is 4.31. The molecule has 27 heavy (non-hydrogen) atoms. The lowest BCUT2D eigenvalue weighted by Crippen LogP contribution is -2.34. The Labute approximate surface area is 167 Å². The van der Waals surface area contributed by atoms with Crippen LogP contribution in [0, 0.1) is 0 Å². The van der Waals surface area contributed by atoms with Crippen LogP contribution in [0.15, 0.2) is 65.6 Å². The Morgan fingerprint density at radius 3 is 2.26 bits per heavy atom. The number of sulfonamides is 1. The number of amides is 1. The highest BCUT2D eigenvalue weighted by molar-refractivity contribution is 7.89. The van der Waals surface area contributed by atoms with Crippen LogP contribution in [0.1, 0.15) is 0 Å². The number of benzene rings is 3. The minimum atomic E-state index is -3.81. The lowest BCUT2D eigenvalue weighted by Gasteiger charge is -2.17. The highest BCUT2D eigenvalue weighted by atomic mass is 35.5. The molecule has 3 aromatic carbocycles. The Morgan fingerprint density at radius 2 is 1.59 bits per heavy atom. The van der Waals surface area contributed by atoms with Gasteiger partial charge in [0.25, 0.3) is 0 Å². The van der Waals surface area contributed by atoms with E-state index >= 15 is 0 Å². The molecular weight excluding hydrogens is 407 g/mol. The Morgan fingerprint density at radius 1 is 0.963 bits per heavy atom. The first-order valence-corrected chi connectivity index (χ1v) is 10.2. The third-order valence-corrected chi connectivity index (χ3v) is 6.18. The second-order valence-corrected chi connectivity index (χ2v) is 8.89. The Balaban J connectivity index is 1.76. The largest absolute Gasteiger partial charge is 0.325 e. The van der Waals surface area contributed by atoms with Gasteiger partial charge in [-0.1, -0.05) is 53.5 Å². The smallest absolute Gasteiger partial charge is 0.243 e. The van der Waals surface area contributed by atoms with Crippen molar-refractivity contribution in [1.29, 1.82) is 0 Å². The zero-order chi connectivity index (χ0) is 19.6. The van der Waals surface area contributed by atoms with Crippen molar-refractivity contribution in [2.75, 3.05) is 18.9 Å². The average molecular weight is 423 g/mol. The summed E-state index contributed by atoms with van der Waals surface area (Å²) in [6.07, 6.45) is 0. The van der Waals surface area contributed by atoms with Gasteiger partial charge in [-0.25, -0.2) is 8.42 Å². The molecule has 0 heterocycles. The summed E-state index contributed by atoms with van der Waals surface area (Å²) in [6.45, 7) is -0.348. The van der Waals surface area contributed by atoms with Gasteiger partial charge in [-0.2, -0.15) is 4.31 Å². The molecule has 3 rings (SSSR count). The fourth-order valence-electron chi connectivity index (χ4n) is 2.62. The van der Waals surface area contributed by atoms with Crippen molar-refractivity contribution in [1.82, 2.24) is 4.31 Å². The molecule has 0 atom stereocenters. The van der Waals surface area contributed by atoms with E-state index < -0.39 is 15.9 Å². The van der Waals surface area contributed by atoms with E-state index in [1.54, 1.807) is 12.1 Å². The maximum absolute atomic E-state index is 12.8. The van der Waals surface area contributed by atoms with Gasteiger partial charge < -0.3 is 5.32 Å². The molecule has 3 aromatic rings. The van der Waals surface area contributed by atoms with Gasteiger partial charge in [0.2, 0.25) is 15.9 Å². The van der Waals surface area contributed by atoms with Crippen LogP contribution < -0.4 is 5.32 Å². The van der Waals surface area contributed by atoms with Crippen molar-refractivity contribution in [2.45, 2.75) is 4.90 Å². The van der Waals surface area contributed by atoms with Crippen molar-refractivity contribution in [3.8, 4) is 0 Å². The summed E-state index contributed by atoms with van der Waals surface area (Å²) < 4.78 is 26.6. The zero-order valence-electron chi connectivity index (χ0n) is 14.3. The first-order valence-electron chi connectivity index (χ1n) is 7.97. The first-order chi connectivity index (χ1) is 12.8. The number of halogens is 2. The number of fused-ring (bicyclic) bond motifs is 1. The van der Waals surface area contributed by atoms with Gasteiger partial charge in [0.1, 0.15) is 0 Å². The van der Waals surface area contributed by atoms with Crippen LogP contribution in [0.25, 0.3) is 10.8 Å². The number of hydrogen-bond acceptors (Lipinski definition) is 3. The molecule has 0 aliphatic heterocycles. The number of hydrogen-bond donors (Lipinski definition) is 1. The van der Waals surface area contributed by atoms with Gasteiger partial charge in [0, 0.05) is 22.8 Å². The monoisotopic (exact) mass is 422 g/mol. The number of anilines is 1. The second kappa shape index (κ2) is 7.86. The lowest BCUT2D eigenvalue weighted by atomic mass is 10.1. The maximum Gasteiger partial charge on any atom is 0.243 e. The molecule has 0 saturated carbocycles. The van der Waals surface area contributed by atoms with Crippen LogP contribution in [0.5, 0.6) is 0 Å². The van der Waals surface area contributed by atoms with E-state index in [-0.39, 0.29) is 11.4 Å². The van der Waals surface area contributed by atoms with Crippen molar-refractivity contribution >= 4 is 55.6 Å². The Hall–Kier alpha value is -2.12. The lowest BCUT2D eigenvalue weighted by molar-refractivity contribution is -0.116. The predicted molar refractivity (Wildman–Crippen MR) is 109 cm³/mol. The predicted octanol–water partition coefficient (Wildman–Crippen LogP) is 4.41. The summed E-state index contributed by atoms with van der Waals surface area (Å²) in [5, 5.41) is 5.08. The summed E-state index contributed by atoms with van der Waals surface area (Å²) in [4.78, 5) is 12.4. The van der Waals surface area contributed by atoms with E-state index in [0.29, 0.717) is 15.7 Å². The first kappa shape index (κ1) is 19.6. The summed E-state index contributed by atoms with van der Waals surface area (Å²) >= 11 is 11.8. The summed E-state index contributed by atoms with van der Waals surface area (Å²) in [6, 6.07) is 16.9. The number of carbonyl (C=O) groups is 1. The van der Waals surface area contributed by atoms with Gasteiger partial charge >= 0.3 is 0 Å². The van der Waals surface area contributed by atoms with Crippen LogP contribution >= 0.6 is 23.2 Å². The third kappa shape index (κ3) is 4.59. The average Bonchev–Trinajstić information content (AvgIpc) is 2.60. The standard InChI is InChI=1S/C19H16Cl2N2O3S/c1-23(12-19(24)22-17-10-15(20)9-16(21)11-17)27(25,26)18-7-6-13-4-2-3-5-14(13)8-18/h2-11H,12H2,1H3,(H,22,24). The molecule has 8 heteroatoms. The molecule has 1 amide bonds. The van der Waals surface area contributed by atoms with Gasteiger partial charge in [0.15, 0.2) is 0 Å². The number of rotatable bonds is 5. The molecule has 1 N–H and O–H groups in total. The van der Waals surface area contributed by atoms with Crippen LogP contribution in [-0.4, -0.2) is 32.2 Å². The molecule has 0 aliphatic rings. The van der Waals surface area contributed by atoms with E-state index in [9.17, 15) is 13.2 Å². The highest BCUT2D eigenvalue weighted by Crippen LogP contribution is 2.23. The minimum absolute atomic E-state index is 0.127. The maximum atomic E-state index is 12.8. The molecule has 0 saturated heterocycles. The van der Waals surface area contributed by atoms with Crippen molar-refractivity contribution in [3.05, 3.63) is 70.7 Å². The fraction of sp³-hybridized carbons (Fsp3) is 0.105. The van der Waals surface area contributed by atoms with Gasteiger partial charge in [-0.15, -0.1) is 0 Å². The molecule has 5 nitrogen and oxygen atoms in total. The summed E-state index contributed by atoms with van der Waals surface area (Å²) in [5.41, 5.74) is 0.397. The minimum Gasteiger partial charge on any atom is -0.325 e. The molecule has 0 radical (unpaired) electrons. The van der Waals surface area contributed by atoms with E-state index in [1.807, 2.05) is 24.3 Å². The SMILES string of the molecule is CN(CC(=O)Nc1cc(Cl)cc(Cl)c1)S(=O)(=O)c1ccc2ccccc2c1. The Kier molecular flexibility index (Phi) is 5.72. The highest BCUT2D eigenvalue weighted by Gasteiger charge is 2.23.